The van der Waals surface area contributed by atoms with E-state index in [-0.39, 0.29) is 12.0 Å². The molecule has 2 radical (unpaired) electrons. The fourth-order valence-electron chi connectivity index (χ4n) is 2.50. The van der Waals surface area contributed by atoms with Gasteiger partial charge in [-0.1, -0.05) is 30.3 Å². The summed E-state index contributed by atoms with van der Waals surface area (Å²) < 4.78 is 17.2. The lowest BCUT2D eigenvalue weighted by molar-refractivity contribution is 0.0740. The standard InChI is InChI=1S/C16H12O3/c1-2-6-13-11(5-1)12(9-17-13)16-10-18-14-7-3-4-8-15(14)19-16/h1-8,12,16H,10H2. The first-order valence-electron chi connectivity index (χ1n) is 6.31. The molecule has 19 heavy (non-hydrogen) atoms. The highest BCUT2D eigenvalue weighted by molar-refractivity contribution is 5.45. The van der Waals surface area contributed by atoms with E-state index in [0.29, 0.717) is 6.61 Å². The van der Waals surface area contributed by atoms with E-state index in [2.05, 4.69) is 6.61 Å². The van der Waals surface area contributed by atoms with Crippen molar-refractivity contribution in [2.75, 3.05) is 6.61 Å². The predicted molar refractivity (Wildman–Crippen MR) is 69.4 cm³/mol. The maximum Gasteiger partial charge on any atom is 0.208 e. The third-order valence-electron chi connectivity index (χ3n) is 3.45. The average molecular weight is 252 g/mol. The monoisotopic (exact) mass is 252 g/mol. The fourth-order valence-corrected chi connectivity index (χ4v) is 2.50. The first-order chi connectivity index (χ1) is 9.42. The summed E-state index contributed by atoms with van der Waals surface area (Å²) in [6, 6.07) is 15.7. The average Bonchev–Trinajstić information content (AvgIpc) is 2.91. The summed E-state index contributed by atoms with van der Waals surface area (Å²) in [5, 5.41) is 0. The number of hydrogen-bond acceptors (Lipinski definition) is 3. The predicted octanol–water partition coefficient (Wildman–Crippen LogP) is 3.04. The van der Waals surface area contributed by atoms with E-state index < -0.39 is 0 Å². The second-order valence-corrected chi connectivity index (χ2v) is 4.65. The summed E-state index contributed by atoms with van der Waals surface area (Å²) in [4.78, 5) is 0. The number of benzene rings is 2. The van der Waals surface area contributed by atoms with Gasteiger partial charge >= 0.3 is 0 Å². The highest BCUT2D eigenvalue weighted by Crippen LogP contribution is 2.42. The van der Waals surface area contributed by atoms with Crippen LogP contribution in [0.5, 0.6) is 17.2 Å². The van der Waals surface area contributed by atoms with Crippen molar-refractivity contribution in [1.29, 1.82) is 0 Å². The number of ether oxygens (including phenoxy) is 3. The van der Waals surface area contributed by atoms with Gasteiger partial charge in [0, 0.05) is 5.56 Å². The Bertz CT molecular complexity index is 608. The van der Waals surface area contributed by atoms with Crippen LogP contribution in [0.3, 0.4) is 0 Å². The second kappa shape index (κ2) is 4.19. The summed E-state index contributed by atoms with van der Waals surface area (Å²) in [5.74, 6) is 2.43. The molecule has 2 atom stereocenters. The van der Waals surface area contributed by atoms with E-state index >= 15 is 0 Å². The van der Waals surface area contributed by atoms with Crippen molar-refractivity contribution in [2.24, 2.45) is 0 Å². The first kappa shape index (κ1) is 10.7. The number of para-hydroxylation sites is 3. The topological polar surface area (TPSA) is 27.7 Å². The molecule has 0 saturated heterocycles. The van der Waals surface area contributed by atoms with E-state index in [0.717, 1.165) is 22.8 Å². The maximum atomic E-state index is 6.01. The van der Waals surface area contributed by atoms with Gasteiger partial charge in [-0.3, -0.25) is 0 Å². The molecule has 2 heterocycles. The van der Waals surface area contributed by atoms with Crippen molar-refractivity contribution in [3.05, 3.63) is 60.7 Å². The Kier molecular flexibility index (Phi) is 2.37. The Morgan fingerprint density at radius 1 is 0.895 bits per heavy atom. The van der Waals surface area contributed by atoms with Crippen LogP contribution in [0.4, 0.5) is 0 Å². The Morgan fingerprint density at radius 2 is 1.63 bits per heavy atom. The zero-order valence-corrected chi connectivity index (χ0v) is 10.2. The van der Waals surface area contributed by atoms with E-state index in [4.69, 9.17) is 14.2 Å². The summed E-state index contributed by atoms with van der Waals surface area (Å²) in [7, 11) is 0. The van der Waals surface area contributed by atoms with E-state index in [1.807, 2.05) is 48.5 Å². The van der Waals surface area contributed by atoms with Crippen LogP contribution in [0.2, 0.25) is 0 Å². The molecular formula is C16H12O3. The van der Waals surface area contributed by atoms with E-state index in [9.17, 15) is 0 Å². The zero-order valence-electron chi connectivity index (χ0n) is 10.2. The Hall–Kier alpha value is -2.16. The molecule has 3 nitrogen and oxygen atoms in total. The molecule has 4 rings (SSSR count). The Labute approximate surface area is 111 Å². The van der Waals surface area contributed by atoms with Gasteiger partial charge in [0.05, 0.1) is 5.92 Å². The molecule has 0 spiro atoms. The molecule has 2 aliphatic rings. The number of fused-ring (bicyclic) bond motifs is 2. The van der Waals surface area contributed by atoms with Gasteiger partial charge in [0.15, 0.2) is 11.5 Å². The van der Waals surface area contributed by atoms with Crippen LogP contribution in [0.15, 0.2) is 48.5 Å². The summed E-state index contributed by atoms with van der Waals surface area (Å²) in [5.41, 5.74) is 1.11. The van der Waals surface area contributed by atoms with Gasteiger partial charge in [0.2, 0.25) is 6.61 Å². The van der Waals surface area contributed by atoms with Crippen molar-refractivity contribution < 1.29 is 14.2 Å². The molecule has 3 heteroatoms. The van der Waals surface area contributed by atoms with Gasteiger partial charge < -0.3 is 14.2 Å². The van der Waals surface area contributed by atoms with Crippen LogP contribution in [0.25, 0.3) is 0 Å². The molecule has 2 aromatic rings. The third-order valence-corrected chi connectivity index (χ3v) is 3.45. The minimum absolute atomic E-state index is 0.00967. The first-order valence-corrected chi connectivity index (χ1v) is 6.31. The molecule has 94 valence electrons. The Balaban J connectivity index is 1.63. The van der Waals surface area contributed by atoms with Gasteiger partial charge in [0.1, 0.15) is 18.5 Å². The molecule has 0 bridgehead atoms. The largest absolute Gasteiger partial charge is 0.486 e. The second-order valence-electron chi connectivity index (χ2n) is 4.65. The molecular weight excluding hydrogens is 240 g/mol. The summed E-state index contributed by atoms with van der Waals surface area (Å²) in [6.45, 7) is 3.52. The quantitative estimate of drug-likeness (QED) is 0.780. The normalized spacial score (nSPS) is 23.6. The van der Waals surface area contributed by atoms with Crippen LogP contribution in [-0.2, 0) is 0 Å². The van der Waals surface area contributed by atoms with Crippen molar-refractivity contribution >= 4 is 0 Å². The molecule has 0 N–H and O–H groups in total. The van der Waals surface area contributed by atoms with Gasteiger partial charge in [-0.15, -0.1) is 0 Å². The van der Waals surface area contributed by atoms with Crippen molar-refractivity contribution in [1.82, 2.24) is 0 Å². The molecule has 0 saturated carbocycles. The number of hydrogen-bond donors (Lipinski definition) is 0. The summed E-state index contributed by atoms with van der Waals surface area (Å²) >= 11 is 0. The lowest BCUT2D eigenvalue weighted by Gasteiger charge is -2.29. The van der Waals surface area contributed by atoms with Crippen molar-refractivity contribution in [2.45, 2.75) is 12.0 Å². The molecule has 2 unspecified atom stereocenters. The minimum atomic E-state index is -0.0986. The molecule has 0 amide bonds. The Morgan fingerprint density at radius 3 is 2.53 bits per heavy atom. The zero-order chi connectivity index (χ0) is 12.7. The highest BCUT2D eigenvalue weighted by atomic mass is 16.6. The number of rotatable bonds is 1. The van der Waals surface area contributed by atoms with Crippen LogP contribution >= 0.6 is 0 Å². The van der Waals surface area contributed by atoms with Gasteiger partial charge in [-0.2, -0.15) is 0 Å². The molecule has 2 aliphatic heterocycles. The molecule has 2 aromatic carbocycles. The van der Waals surface area contributed by atoms with Crippen LogP contribution in [-0.4, -0.2) is 12.7 Å². The highest BCUT2D eigenvalue weighted by Gasteiger charge is 2.37. The van der Waals surface area contributed by atoms with E-state index in [1.165, 1.54) is 0 Å². The minimum Gasteiger partial charge on any atom is -0.486 e. The van der Waals surface area contributed by atoms with Crippen molar-refractivity contribution in [3.63, 3.8) is 0 Å². The lowest BCUT2D eigenvalue weighted by atomic mass is 9.95. The molecule has 0 aromatic heterocycles. The maximum absolute atomic E-state index is 6.01. The van der Waals surface area contributed by atoms with Gasteiger partial charge in [-0.25, -0.2) is 0 Å². The van der Waals surface area contributed by atoms with Crippen LogP contribution < -0.4 is 14.2 Å². The van der Waals surface area contributed by atoms with E-state index in [1.54, 1.807) is 0 Å². The van der Waals surface area contributed by atoms with Crippen molar-refractivity contribution in [3.8, 4) is 17.2 Å². The smallest absolute Gasteiger partial charge is 0.208 e. The molecule has 0 fully saturated rings. The van der Waals surface area contributed by atoms with Gasteiger partial charge in [-0.05, 0) is 18.2 Å². The van der Waals surface area contributed by atoms with Gasteiger partial charge in [0.25, 0.3) is 0 Å². The van der Waals surface area contributed by atoms with Crippen LogP contribution in [0, 0.1) is 6.61 Å². The lowest BCUT2D eigenvalue weighted by Crippen LogP contribution is -2.34. The SMILES string of the molecule is [C]1Oc2ccccc2C1C1COc2ccccc2O1. The van der Waals surface area contributed by atoms with Crippen LogP contribution in [0.1, 0.15) is 11.5 Å². The summed E-state index contributed by atoms with van der Waals surface area (Å²) in [6.07, 6.45) is -0.0986. The molecule has 0 aliphatic carbocycles. The fraction of sp³-hybridized carbons (Fsp3) is 0.188. The third kappa shape index (κ3) is 1.73.